The quantitative estimate of drug-likeness (QED) is 0.836. The van der Waals surface area contributed by atoms with Crippen LogP contribution in [0.5, 0.6) is 0 Å². The number of halogens is 2. The van der Waals surface area contributed by atoms with Crippen molar-refractivity contribution < 1.29 is 17.2 Å². The van der Waals surface area contributed by atoms with Crippen molar-refractivity contribution in [2.45, 2.75) is 11.4 Å². The fourth-order valence-corrected chi connectivity index (χ4v) is 2.84. The standard InChI is InChI=1S/C12H19F2N3O2S/c1-16(2)6-7-17(3)20(18,19)11-5-4-10(13)9(8-15)12(11)14/h4-5H,6-8,15H2,1-3H3. The highest BCUT2D eigenvalue weighted by atomic mass is 32.2. The van der Waals surface area contributed by atoms with E-state index in [4.69, 9.17) is 5.73 Å². The summed E-state index contributed by atoms with van der Waals surface area (Å²) in [6.07, 6.45) is 0. The molecule has 1 rings (SSSR count). The highest BCUT2D eigenvalue weighted by Crippen LogP contribution is 2.23. The number of rotatable bonds is 6. The topological polar surface area (TPSA) is 66.6 Å². The van der Waals surface area contributed by atoms with Gasteiger partial charge in [0.15, 0.2) is 5.82 Å². The number of benzene rings is 1. The molecule has 0 aliphatic carbocycles. The van der Waals surface area contributed by atoms with E-state index in [1.165, 1.54) is 7.05 Å². The Morgan fingerprint density at radius 2 is 1.75 bits per heavy atom. The van der Waals surface area contributed by atoms with E-state index in [0.717, 1.165) is 16.4 Å². The van der Waals surface area contributed by atoms with Crippen molar-refractivity contribution >= 4 is 10.0 Å². The molecule has 2 N–H and O–H groups in total. The van der Waals surface area contributed by atoms with Crippen molar-refractivity contribution in [3.05, 3.63) is 29.3 Å². The molecule has 8 heteroatoms. The molecule has 0 heterocycles. The van der Waals surface area contributed by atoms with Gasteiger partial charge in [0.25, 0.3) is 0 Å². The molecule has 0 aliphatic heterocycles. The van der Waals surface area contributed by atoms with Crippen LogP contribution < -0.4 is 5.73 Å². The van der Waals surface area contributed by atoms with E-state index in [-0.39, 0.29) is 6.54 Å². The lowest BCUT2D eigenvalue weighted by atomic mass is 10.2. The Morgan fingerprint density at radius 3 is 2.25 bits per heavy atom. The second-order valence-corrected chi connectivity index (χ2v) is 6.69. The number of nitrogens with zero attached hydrogens (tertiary/aromatic N) is 2. The first kappa shape index (κ1) is 17.0. The van der Waals surface area contributed by atoms with Gasteiger partial charge in [-0.05, 0) is 26.2 Å². The van der Waals surface area contributed by atoms with Crippen LogP contribution in [0.3, 0.4) is 0 Å². The summed E-state index contributed by atoms with van der Waals surface area (Å²) in [6.45, 7) is 0.287. The molecule has 20 heavy (non-hydrogen) atoms. The van der Waals surface area contributed by atoms with Gasteiger partial charge in [-0.25, -0.2) is 17.2 Å². The molecule has 0 aromatic heterocycles. The first-order valence-corrected chi connectivity index (χ1v) is 7.43. The minimum Gasteiger partial charge on any atom is -0.326 e. The third-order valence-corrected chi connectivity index (χ3v) is 4.78. The monoisotopic (exact) mass is 307 g/mol. The molecule has 0 atom stereocenters. The molecule has 0 radical (unpaired) electrons. The molecule has 0 saturated heterocycles. The van der Waals surface area contributed by atoms with Gasteiger partial charge in [0.1, 0.15) is 10.7 Å². The van der Waals surface area contributed by atoms with E-state index in [1.807, 2.05) is 0 Å². The molecule has 0 fully saturated rings. The van der Waals surface area contributed by atoms with Crippen molar-refractivity contribution in [2.24, 2.45) is 5.73 Å². The molecule has 1 aromatic carbocycles. The van der Waals surface area contributed by atoms with Gasteiger partial charge in [-0.3, -0.25) is 0 Å². The number of hydrogen-bond donors (Lipinski definition) is 1. The van der Waals surface area contributed by atoms with Gasteiger partial charge in [-0.15, -0.1) is 0 Å². The van der Waals surface area contributed by atoms with Crippen molar-refractivity contribution in [2.75, 3.05) is 34.2 Å². The zero-order valence-corrected chi connectivity index (χ0v) is 12.5. The number of nitrogens with two attached hydrogens (primary N) is 1. The zero-order valence-electron chi connectivity index (χ0n) is 11.7. The van der Waals surface area contributed by atoms with Crippen molar-refractivity contribution in [1.29, 1.82) is 0 Å². The maximum Gasteiger partial charge on any atom is 0.245 e. The summed E-state index contributed by atoms with van der Waals surface area (Å²) in [6, 6.07) is 1.84. The molecule has 114 valence electrons. The normalized spacial score (nSPS) is 12.4. The second-order valence-electron chi connectivity index (χ2n) is 4.67. The molecular weight excluding hydrogens is 288 g/mol. The third-order valence-electron chi connectivity index (χ3n) is 2.91. The summed E-state index contributed by atoms with van der Waals surface area (Å²) in [4.78, 5) is 1.25. The summed E-state index contributed by atoms with van der Waals surface area (Å²) < 4.78 is 52.9. The van der Waals surface area contributed by atoms with E-state index < -0.39 is 38.7 Å². The third kappa shape index (κ3) is 3.51. The van der Waals surface area contributed by atoms with Crippen LogP contribution >= 0.6 is 0 Å². The van der Waals surface area contributed by atoms with E-state index in [9.17, 15) is 17.2 Å². The van der Waals surface area contributed by atoms with Crippen molar-refractivity contribution in [1.82, 2.24) is 9.21 Å². The Bertz CT molecular complexity index is 576. The largest absolute Gasteiger partial charge is 0.326 e. The lowest BCUT2D eigenvalue weighted by Crippen LogP contribution is -2.34. The van der Waals surface area contributed by atoms with E-state index >= 15 is 0 Å². The van der Waals surface area contributed by atoms with Gasteiger partial charge in [-0.1, -0.05) is 0 Å². The zero-order chi connectivity index (χ0) is 15.5. The summed E-state index contributed by atoms with van der Waals surface area (Å²) in [5.74, 6) is -1.97. The van der Waals surface area contributed by atoms with Gasteiger partial charge in [0, 0.05) is 32.2 Å². The summed E-state index contributed by atoms with van der Waals surface area (Å²) in [7, 11) is 0.940. The molecule has 5 nitrogen and oxygen atoms in total. The first-order valence-electron chi connectivity index (χ1n) is 5.99. The van der Waals surface area contributed by atoms with Crippen LogP contribution in [0.4, 0.5) is 8.78 Å². The predicted molar refractivity (Wildman–Crippen MR) is 72.6 cm³/mol. The van der Waals surface area contributed by atoms with Crippen LogP contribution in [0.15, 0.2) is 17.0 Å². The van der Waals surface area contributed by atoms with Crippen LogP contribution in [0.1, 0.15) is 5.56 Å². The average molecular weight is 307 g/mol. The van der Waals surface area contributed by atoms with E-state index in [1.54, 1.807) is 19.0 Å². The minimum atomic E-state index is -4.01. The lowest BCUT2D eigenvalue weighted by Gasteiger charge is -2.20. The summed E-state index contributed by atoms with van der Waals surface area (Å²) in [5, 5.41) is 0. The summed E-state index contributed by atoms with van der Waals surface area (Å²) >= 11 is 0. The number of sulfonamides is 1. The average Bonchev–Trinajstić information content (AvgIpc) is 2.35. The minimum absolute atomic E-state index is 0.199. The van der Waals surface area contributed by atoms with Crippen molar-refractivity contribution in [3.8, 4) is 0 Å². The fraction of sp³-hybridized carbons (Fsp3) is 0.500. The highest BCUT2D eigenvalue weighted by Gasteiger charge is 2.26. The molecular formula is C12H19F2N3O2S. The molecule has 1 aromatic rings. The molecule has 0 bridgehead atoms. The molecule has 0 amide bonds. The van der Waals surface area contributed by atoms with Gasteiger partial charge >= 0.3 is 0 Å². The fourth-order valence-electron chi connectivity index (χ4n) is 1.59. The highest BCUT2D eigenvalue weighted by molar-refractivity contribution is 7.89. The number of hydrogen-bond acceptors (Lipinski definition) is 4. The van der Waals surface area contributed by atoms with Crippen LogP contribution in [-0.2, 0) is 16.6 Å². The second kappa shape index (κ2) is 6.57. The van der Waals surface area contributed by atoms with Crippen LogP contribution in [-0.4, -0.2) is 51.9 Å². The van der Waals surface area contributed by atoms with Crippen LogP contribution in [0.25, 0.3) is 0 Å². The molecule has 0 unspecified atom stereocenters. The maximum absolute atomic E-state index is 14.1. The molecule has 0 spiro atoms. The Hall–Kier alpha value is -1.09. The van der Waals surface area contributed by atoms with Crippen molar-refractivity contribution in [3.63, 3.8) is 0 Å². The van der Waals surface area contributed by atoms with Crippen LogP contribution in [0.2, 0.25) is 0 Å². The number of likely N-dealkylation sites (N-methyl/N-ethyl adjacent to an activating group) is 2. The predicted octanol–water partition coefficient (Wildman–Crippen LogP) is 0.606. The molecule has 0 aliphatic rings. The Kier molecular flexibility index (Phi) is 5.58. The Labute approximate surface area is 118 Å². The Morgan fingerprint density at radius 1 is 1.15 bits per heavy atom. The van der Waals surface area contributed by atoms with Gasteiger partial charge in [0.2, 0.25) is 10.0 Å². The van der Waals surface area contributed by atoms with Gasteiger partial charge in [0.05, 0.1) is 0 Å². The Balaban J connectivity index is 3.16. The molecule has 0 saturated carbocycles. The van der Waals surface area contributed by atoms with Gasteiger partial charge in [-0.2, -0.15) is 4.31 Å². The van der Waals surface area contributed by atoms with Gasteiger partial charge < -0.3 is 10.6 Å². The van der Waals surface area contributed by atoms with E-state index in [0.29, 0.717) is 6.54 Å². The maximum atomic E-state index is 14.1. The van der Waals surface area contributed by atoms with Crippen LogP contribution in [0, 0.1) is 11.6 Å². The summed E-state index contributed by atoms with van der Waals surface area (Å²) in [5.41, 5.74) is 4.82. The van der Waals surface area contributed by atoms with E-state index in [2.05, 4.69) is 0 Å². The first-order chi connectivity index (χ1) is 9.21. The smallest absolute Gasteiger partial charge is 0.245 e. The lowest BCUT2D eigenvalue weighted by molar-refractivity contribution is 0.357. The SMILES string of the molecule is CN(C)CCN(C)S(=O)(=O)c1ccc(F)c(CN)c1F.